The van der Waals surface area contributed by atoms with Crippen LogP contribution in [0.4, 0.5) is 0 Å². The number of nitrogens with one attached hydrogen (secondary N) is 1. The first kappa shape index (κ1) is 19.0. The third-order valence-electron chi connectivity index (χ3n) is 4.67. The van der Waals surface area contributed by atoms with Crippen molar-refractivity contribution in [2.24, 2.45) is 0 Å². The fourth-order valence-corrected chi connectivity index (χ4v) is 3.39. The van der Waals surface area contributed by atoms with Gasteiger partial charge >= 0.3 is 0 Å². The van der Waals surface area contributed by atoms with Crippen molar-refractivity contribution in [3.8, 4) is 5.75 Å². The minimum Gasteiger partial charge on any atom is -0.494 e. The first-order valence-corrected chi connectivity index (χ1v) is 8.75. The molecule has 2 heterocycles. The molecule has 0 spiro atoms. The Morgan fingerprint density at radius 1 is 1.29 bits per heavy atom. The van der Waals surface area contributed by atoms with E-state index < -0.39 is 0 Å². The van der Waals surface area contributed by atoms with E-state index in [1.54, 1.807) is 0 Å². The Bertz CT molecular complexity index is 535. The summed E-state index contributed by atoms with van der Waals surface area (Å²) in [6.07, 6.45) is 2.05. The van der Waals surface area contributed by atoms with Gasteiger partial charge < -0.3 is 15.0 Å². The summed E-state index contributed by atoms with van der Waals surface area (Å²) in [5.74, 6) is 0.917. The number of hydrogen-bond donors (Lipinski definition) is 1. The quantitative estimate of drug-likeness (QED) is 0.879. The van der Waals surface area contributed by atoms with E-state index in [1.165, 1.54) is 0 Å². The molecule has 1 N–H and O–H groups in total. The number of likely N-dealkylation sites (tertiary alicyclic amines) is 1. The molecule has 2 fully saturated rings. The predicted octanol–water partition coefficient (Wildman–Crippen LogP) is 2.02. The molecule has 0 aliphatic carbocycles. The molecule has 0 radical (unpaired) electrons. The Labute approximate surface area is 150 Å². The summed E-state index contributed by atoms with van der Waals surface area (Å²) in [5, 5.41) is 3.38. The van der Waals surface area contributed by atoms with E-state index in [2.05, 4.69) is 17.1 Å². The highest BCUT2D eigenvalue weighted by Gasteiger charge is 2.31. The van der Waals surface area contributed by atoms with Gasteiger partial charge in [0.1, 0.15) is 5.75 Å². The zero-order chi connectivity index (χ0) is 16.1. The summed E-state index contributed by atoms with van der Waals surface area (Å²) in [4.78, 5) is 17.3. The lowest BCUT2D eigenvalue weighted by Gasteiger charge is -2.32. The average molecular weight is 354 g/mol. The van der Waals surface area contributed by atoms with E-state index in [-0.39, 0.29) is 18.3 Å². The van der Waals surface area contributed by atoms with Gasteiger partial charge in [-0.05, 0) is 31.0 Å². The first-order valence-electron chi connectivity index (χ1n) is 8.75. The molecule has 0 aromatic heterocycles. The Hall–Kier alpha value is -1.30. The fourth-order valence-electron chi connectivity index (χ4n) is 3.39. The van der Waals surface area contributed by atoms with Gasteiger partial charge in [0.2, 0.25) is 0 Å². The van der Waals surface area contributed by atoms with Crippen LogP contribution < -0.4 is 10.1 Å². The number of hydrogen-bond acceptors (Lipinski definition) is 4. The molecular formula is C18H28ClN3O2. The maximum atomic E-state index is 12.7. The van der Waals surface area contributed by atoms with Crippen LogP contribution in [0.5, 0.6) is 5.75 Å². The molecule has 1 atom stereocenters. The average Bonchev–Trinajstić information content (AvgIpc) is 3.10. The number of rotatable bonds is 5. The van der Waals surface area contributed by atoms with Gasteiger partial charge in [-0.25, -0.2) is 0 Å². The number of carbonyl (C=O) groups excluding carboxylic acids is 1. The maximum Gasteiger partial charge on any atom is 0.254 e. The summed E-state index contributed by atoms with van der Waals surface area (Å²) in [5.41, 5.74) is 0.736. The van der Waals surface area contributed by atoms with Crippen molar-refractivity contribution in [1.29, 1.82) is 0 Å². The van der Waals surface area contributed by atoms with Crippen molar-refractivity contribution in [1.82, 2.24) is 15.1 Å². The number of nitrogens with zero attached hydrogens (tertiary/aromatic N) is 2. The van der Waals surface area contributed by atoms with Gasteiger partial charge in [-0.15, -0.1) is 12.4 Å². The van der Waals surface area contributed by atoms with Gasteiger partial charge in [0.25, 0.3) is 5.91 Å². The molecule has 1 aromatic carbocycles. The molecule has 24 heavy (non-hydrogen) atoms. The second-order valence-corrected chi connectivity index (χ2v) is 6.36. The lowest BCUT2D eigenvalue weighted by Crippen LogP contribution is -2.49. The van der Waals surface area contributed by atoms with E-state index in [9.17, 15) is 4.79 Å². The third kappa shape index (κ3) is 4.62. The molecule has 2 aliphatic rings. The van der Waals surface area contributed by atoms with E-state index in [1.807, 2.05) is 29.2 Å². The van der Waals surface area contributed by atoms with Gasteiger partial charge in [0.05, 0.1) is 6.61 Å². The Morgan fingerprint density at radius 2 is 2.08 bits per heavy atom. The van der Waals surface area contributed by atoms with E-state index in [4.69, 9.17) is 4.74 Å². The predicted molar refractivity (Wildman–Crippen MR) is 98.2 cm³/mol. The third-order valence-corrected chi connectivity index (χ3v) is 4.67. The minimum absolute atomic E-state index is 0. The molecule has 1 unspecified atom stereocenters. The van der Waals surface area contributed by atoms with Gasteiger partial charge in [-0.3, -0.25) is 9.69 Å². The molecule has 0 saturated carbocycles. The molecule has 1 aromatic rings. The SMILES string of the molecule is CCCOc1cccc(C(=O)N2CCC(N3CCNCC3)C2)c1.Cl. The molecule has 2 saturated heterocycles. The van der Waals surface area contributed by atoms with Crippen molar-refractivity contribution in [3.05, 3.63) is 29.8 Å². The highest BCUT2D eigenvalue weighted by molar-refractivity contribution is 5.94. The normalized spacial score (nSPS) is 21.4. The summed E-state index contributed by atoms with van der Waals surface area (Å²) < 4.78 is 5.64. The smallest absolute Gasteiger partial charge is 0.254 e. The molecule has 3 rings (SSSR count). The maximum absolute atomic E-state index is 12.7. The van der Waals surface area contributed by atoms with Crippen molar-refractivity contribution < 1.29 is 9.53 Å². The molecule has 134 valence electrons. The molecular weight excluding hydrogens is 326 g/mol. The van der Waals surface area contributed by atoms with Crippen molar-refractivity contribution in [3.63, 3.8) is 0 Å². The zero-order valence-electron chi connectivity index (χ0n) is 14.4. The van der Waals surface area contributed by atoms with Crippen LogP contribution in [0, 0.1) is 0 Å². The van der Waals surface area contributed by atoms with Crippen LogP contribution >= 0.6 is 12.4 Å². The van der Waals surface area contributed by atoms with Crippen LogP contribution in [0.2, 0.25) is 0 Å². The fraction of sp³-hybridized carbons (Fsp3) is 0.611. The Kier molecular flexibility index (Phi) is 7.34. The highest BCUT2D eigenvalue weighted by atomic mass is 35.5. The first-order chi connectivity index (χ1) is 11.3. The van der Waals surface area contributed by atoms with Gasteiger partial charge in [-0.1, -0.05) is 13.0 Å². The number of piperazine rings is 1. The molecule has 2 aliphatic heterocycles. The van der Waals surface area contributed by atoms with Crippen molar-refractivity contribution in [2.45, 2.75) is 25.8 Å². The Morgan fingerprint density at radius 3 is 2.83 bits per heavy atom. The standard InChI is InChI=1S/C18H27N3O2.ClH/c1-2-12-23-17-5-3-4-15(13-17)18(22)21-9-6-16(14-21)20-10-7-19-8-11-20;/h3-5,13,16,19H,2,6-12,14H2,1H3;1H. The van der Waals surface area contributed by atoms with E-state index in [0.717, 1.165) is 63.4 Å². The van der Waals surface area contributed by atoms with Crippen LogP contribution in [0.15, 0.2) is 24.3 Å². The van der Waals surface area contributed by atoms with Gasteiger partial charge in [0.15, 0.2) is 0 Å². The van der Waals surface area contributed by atoms with Gasteiger partial charge in [-0.2, -0.15) is 0 Å². The molecule has 1 amide bonds. The molecule has 6 heteroatoms. The largest absolute Gasteiger partial charge is 0.494 e. The number of ether oxygens (including phenoxy) is 1. The Balaban J connectivity index is 0.00000208. The topological polar surface area (TPSA) is 44.8 Å². The number of amides is 1. The number of benzene rings is 1. The lowest BCUT2D eigenvalue weighted by molar-refractivity contribution is 0.0773. The van der Waals surface area contributed by atoms with Crippen molar-refractivity contribution in [2.75, 3.05) is 45.9 Å². The van der Waals surface area contributed by atoms with Crippen LogP contribution in [0.1, 0.15) is 30.1 Å². The molecule has 5 nitrogen and oxygen atoms in total. The number of halogens is 1. The second kappa shape index (κ2) is 9.25. The summed E-state index contributed by atoms with van der Waals surface area (Å²) in [6, 6.07) is 8.10. The minimum atomic E-state index is 0. The second-order valence-electron chi connectivity index (χ2n) is 6.36. The molecule has 0 bridgehead atoms. The van der Waals surface area contributed by atoms with Crippen LogP contribution in [0.3, 0.4) is 0 Å². The van der Waals surface area contributed by atoms with Crippen LogP contribution in [0.25, 0.3) is 0 Å². The summed E-state index contributed by atoms with van der Waals surface area (Å²) >= 11 is 0. The monoisotopic (exact) mass is 353 g/mol. The van der Waals surface area contributed by atoms with Crippen LogP contribution in [-0.2, 0) is 0 Å². The van der Waals surface area contributed by atoms with Crippen molar-refractivity contribution >= 4 is 18.3 Å². The number of carbonyl (C=O) groups is 1. The van der Waals surface area contributed by atoms with Crippen LogP contribution in [-0.4, -0.2) is 67.6 Å². The lowest BCUT2D eigenvalue weighted by atomic mass is 10.2. The van der Waals surface area contributed by atoms with E-state index in [0.29, 0.717) is 12.6 Å². The highest BCUT2D eigenvalue weighted by Crippen LogP contribution is 2.21. The van der Waals surface area contributed by atoms with E-state index >= 15 is 0 Å². The summed E-state index contributed by atoms with van der Waals surface area (Å²) in [6.45, 7) is 8.76. The zero-order valence-corrected chi connectivity index (χ0v) is 15.2. The van der Waals surface area contributed by atoms with Gasteiger partial charge in [0, 0.05) is 50.9 Å². The summed E-state index contributed by atoms with van der Waals surface area (Å²) in [7, 11) is 0.